The normalized spacial score (nSPS) is 18.0. The molecule has 2 aliphatic heterocycles. The maximum Gasteiger partial charge on any atom is 0.416 e. The Kier molecular flexibility index (Phi) is 5.49. The van der Waals surface area contributed by atoms with Crippen LogP contribution in [0.4, 0.5) is 39.5 Å². The van der Waals surface area contributed by atoms with Crippen LogP contribution in [0.3, 0.4) is 0 Å². The smallest absolute Gasteiger partial charge is 0.378 e. The molecule has 1 aromatic carbocycles. The Morgan fingerprint density at radius 2 is 1.79 bits per heavy atom. The molecule has 0 spiro atoms. The van der Waals surface area contributed by atoms with E-state index in [4.69, 9.17) is 6.11 Å². The molecule has 1 N–H and O–H groups in total. The second-order valence-electron chi connectivity index (χ2n) is 7.98. The van der Waals surface area contributed by atoms with Crippen LogP contribution in [0.2, 0.25) is 0 Å². The van der Waals surface area contributed by atoms with Gasteiger partial charge in [0.1, 0.15) is 19.3 Å². The third-order valence-electron chi connectivity index (χ3n) is 5.75. The highest BCUT2D eigenvalue weighted by Gasteiger charge is 2.34. The fourth-order valence-corrected chi connectivity index (χ4v) is 3.79. The zero-order valence-electron chi connectivity index (χ0n) is 18.7. The fraction of sp³-hybridized carbons (Fsp3) is 0.381. The lowest BCUT2D eigenvalue weighted by atomic mass is 10.1. The van der Waals surface area contributed by atoms with Gasteiger partial charge in [-0.25, -0.2) is 18.4 Å². The SMILES string of the molecule is [2H]c1nc(Nc2cc(C(F)(F)F)cc(N3CCN(C4COC4)CC3)n2)nn1-c1ccc(F)c(F)c1. The van der Waals surface area contributed by atoms with Crippen molar-refractivity contribution in [2.75, 3.05) is 49.6 Å². The predicted molar refractivity (Wildman–Crippen MR) is 112 cm³/mol. The molecular weight excluding hydrogens is 461 g/mol. The summed E-state index contributed by atoms with van der Waals surface area (Å²) in [5, 5.41) is 6.59. The molecule has 0 unspecified atom stereocenters. The fourth-order valence-electron chi connectivity index (χ4n) is 3.79. The van der Waals surface area contributed by atoms with Crippen molar-refractivity contribution in [2.24, 2.45) is 0 Å². The number of anilines is 3. The van der Waals surface area contributed by atoms with Crippen LogP contribution in [-0.2, 0) is 10.9 Å². The summed E-state index contributed by atoms with van der Waals surface area (Å²) in [5.74, 6) is -2.43. The molecule has 0 bridgehead atoms. The lowest BCUT2D eigenvalue weighted by molar-refractivity contribution is -0.137. The van der Waals surface area contributed by atoms with E-state index in [0.29, 0.717) is 45.4 Å². The minimum Gasteiger partial charge on any atom is -0.378 e. The molecule has 34 heavy (non-hydrogen) atoms. The van der Waals surface area contributed by atoms with Crippen LogP contribution in [0.25, 0.3) is 5.69 Å². The summed E-state index contributed by atoms with van der Waals surface area (Å²) in [7, 11) is 0. The highest BCUT2D eigenvalue weighted by Crippen LogP contribution is 2.34. The van der Waals surface area contributed by atoms with Gasteiger partial charge in [-0.15, -0.1) is 5.10 Å². The Morgan fingerprint density at radius 3 is 2.44 bits per heavy atom. The number of nitrogens with zero attached hydrogens (tertiary/aromatic N) is 6. The molecule has 2 fully saturated rings. The first-order valence-electron chi connectivity index (χ1n) is 11.0. The first-order valence-corrected chi connectivity index (χ1v) is 10.5. The van der Waals surface area contributed by atoms with E-state index >= 15 is 0 Å². The number of pyridine rings is 1. The second-order valence-corrected chi connectivity index (χ2v) is 7.98. The summed E-state index contributed by atoms with van der Waals surface area (Å²) in [5.41, 5.74) is -0.868. The van der Waals surface area contributed by atoms with Gasteiger partial charge >= 0.3 is 6.18 Å². The molecule has 0 radical (unpaired) electrons. The zero-order chi connectivity index (χ0) is 24.7. The third kappa shape index (κ3) is 4.66. The number of nitrogens with one attached hydrogen (secondary N) is 1. The van der Waals surface area contributed by atoms with E-state index in [1.54, 1.807) is 4.90 Å². The van der Waals surface area contributed by atoms with Crippen LogP contribution in [0.5, 0.6) is 0 Å². The Hall–Kier alpha value is -3.32. The summed E-state index contributed by atoms with van der Waals surface area (Å²) < 4.78 is 81.7. The lowest BCUT2D eigenvalue weighted by Gasteiger charge is -2.43. The molecule has 2 saturated heterocycles. The Labute approximate surface area is 192 Å². The quantitative estimate of drug-likeness (QED) is 0.560. The minimum atomic E-state index is -4.61. The molecular formula is C21H20F5N7O. The van der Waals surface area contributed by atoms with Crippen molar-refractivity contribution in [1.29, 1.82) is 0 Å². The molecule has 2 aliphatic rings. The zero-order valence-corrected chi connectivity index (χ0v) is 17.7. The number of ether oxygens (including phenoxy) is 1. The van der Waals surface area contributed by atoms with E-state index < -0.39 is 29.7 Å². The topological polar surface area (TPSA) is 71.3 Å². The highest BCUT2D eigenvalue weighted by molar-refractivity contribution is 5.56. The third-order valence-corrected chi connectivity index (χ3v) is 5.75. The molecule has 0 amide bonds. The maximum absolute atomic E-state index is 13.6. The molecule has 0 atom stereocenters. The van der Waals surface area contributed by atoms with E-state index in [-0.39, 0.29) is 23.3 Å². The number of aromatic nitrogens is 4. The number of alkyl halides is 3. The molecule has 5 rings (SSSR count). The van der Waals surface area contributed by atoms with Gasteiger partial charge in [0.25, 0.3) is 0 Å². The molecule has 3 aromatic rings. The standard InChI is InChI=1S/C21H20F5N7O/c22-16-2-1-14(9-17(16)23)33-12-27-20(30-33)29-18-7-13(21(24,25)26)8-19(28-18)32-5-3-31(4-6-32)15-10-34-11-15/h1-2,7-9,12,15H,3-6,10-11H2,(H,28,29,30)/i12D. The minimum absolute atomic E-state index is 0.0295. The Balaban J connectivity index is 1.39. The number of rotatable bonds is 5. The molecule has 2 aromatic heterocycles. The summed E-state index contributed by atoms with van der Waals surface area (Å²) in [4.78, 5) is 12.2. The Morgan fingerprint density at radius 1 is 1.03 bits per heavy atom. The van der Waals surface area contributed by atoms with E-state index in [0.717, 1.165) is 28.9 Å². The van der Waals surface area contributed by atoms with Crippen molar-refractivity contribution in [1.82, 2.24) is 24.6 Å². The van der Waals surface area contributed by atoms with E-state index in [2.05, 4.69) is 25.3 Å². The van der Waals surface area contributed by atoms with Crippen LogP contribution >= 0.6 is 0 Å². The van der Waals surface area contributed by atoms with Crippen LogP contribution in [0.1, 0.15) is 6.93 Å². The second kappa shape index (κ2) is 8.80. The lowest BCUT2D eigenvalue weighted by Crippen LogP contribution is -2.56. The van der Waals surface area contributed by atoms with Gasteiger partial charge in [0.05, 0.1) is 30.5 Å². The molecule has 13 heteroatoms. The monoisotopic (exact) mass is 482 g/mol. The van der Waals surface area contributed by atoms with Gasteiger partial charge in [-0.3, -0.25) is 4.90 Å². The summed E-state index contributed by atoms with van der Waals surface area (Å²) in [6, 6.07) is 5.08. The highest BCUT2D eigenvalue weighted by atomic mass is 19.4. The van der Waals surface area contributed by atoms with Crippen molar-refractivity contribution in [3.05, 3.63) is 53.8 Å². The number of hydrogen-bond acceptors (Lipinski definition) is 7. The predicted octanol–water partition coefficient (Wildman–Crippen LogP) is 3.22. The molecule has 0 saturated carbocycles. The van der Waals surface area contributed by atoms with Gasteiger partial charge in [-0.1, -0.05) is 0 Å². The van der Waals surface area contributed by atoms with Gasteiger partial charge in [0.15, 0.2) is 11.6 Å². The molecule has 0 aliphatic carbocycles. The first kappa shape index (κ1) is 21.2. The van der Waals surface area contributed by atoms with Gasteiger partial charge in [-0.2, -0.15) is 18.2 Å². The molecule has 8 nitrogen and oxygen atoms in total. The number of benzene rings is 1. The largest absolute Gasteiger partial charge is 0.416 e. The average molecular weight is 482 g/mol. The first-order chi connectivity index (χ1) is 16.7. The summed E-state index contributed by atoms with van der Waals surface area (Å²) in [6.07, 6.45) is -5.04. The summed E-state index contributed by atoms with van der Waals surface area (Å²) in [6.45, 7) is 3.69. The van der Waals surface area contributed by atoms with Gasteiger partial charge in [-0.05, 0) is 24.3 Å². The van der Waals surface area contributed by atoms with Crippen molar-refractivity contribution in [3.8, 4) is 5.69 Å². The molecule has 180 valence electrons. The van der Waals surface area contributed by atoms with Crippen LogP contribution in [0, 0.1) is 11.6 Å². The van der Waals surface area contributed by atoms with Gasteiger partial charge in [0, 0.05) is 32.2 Å². The van der Waals surface area contributed by atoms with Crippen LogP contribution in [-0.4, -0.2) is 70.1 Å². The summed E-state index contributed by atoms with van der Waals surface area (Å²) >= 11 is 0. The van der Waals surface area contributed by atoms with Crippen LogP contribution in [0.15, 0.2) is 36.6 Å². The average Bonchev–Trinajstić information content (AvgIpc) is 3.14. The number of hydrogen-bond donors (Lipinski definition) is 1. The van der Waals surface area contributed by atoms with Gasteiger partial charge < -0.3 is 15.0 Å². The number of piperazine rings is 1. The Bertz CT molecular complexity index is 1230. The van der Waals surface area contributed by atoms with Crippen molar-refractivity contribution >= 4 is 17.6 Å². The van der Waals surface area contributed by atoms with E-state index in [1.807, 2.05) is 0 Å². The molecule has 4 heterocycles. The van der Waals surface area contributed by atoms with Gasteiger partial charge in [0.2, 0.25) is 5.95 Å². The van der Waals surface area contributed by atoms with Crippen LogP contribution < -0.4 is 10.2 Å². The van der Waals surface area contributed by atoms with E-state index in [9.17, 15) is 22.0 Å². The van der Waals surface area contributed by atoms with Crippen molar-refractivity contribution in [3.63, 3.8) is 0 Å². The van der Waals surface area contributed by atoms with Crippen molar-refractivity contribution in [2.45, 2.75) is 12.2 Å². The van der Waals surface area contributed by atoms with E-state index in [1.165, 1.54) is 6.07 Å². The van der Waals surface area contributed by atoms with Crippen molar-refractivity contribution < 1.29 is 28.1 Å². The number of halogens is 5. The maximum atomic E-state index is 13.6.